The number of rotatable bonds is 9. The molecule has 6 rings (SSSR count). The molecule has 0 aliphatic heterocycles. The van der Waals surface area contributed by atoms with Gasteiger partial charge < -0.3 is 0 Å². The van der Waals surface area contributed by atoms with Crippen LogP contribution < -0.4 is 21.2 Å². The molecule has 4 unspecified atom stereocenters. The molecule has 0 N–H and O–H groups in total. The highest BCUT2D eigenvalue weighted by molar-refractivity contribution is 7.74. The lowest BCUT2D eigenvalue weighted by atomic mass is 9.76. The van der Waals surface area contributed by atoms with E-state index in [4.69, 9.17) is 0 Å². The van der Waals surface area contributed by atoms with Gasteiger partial charge in [-0.3, -0.25) is 0 Å². The lowest BCUT2D eigenvalue weighted by molar-refractivity contribution is 0.207. The highest BCUT2D eigenvalue weighted by Gasteiger charge is 2.46. The molecular formula is C38H44P2. The third kappa shape index (κ3) is 5.87. The molecule has 2 aliphatic carbocycles. The van der Waals surface area contributed by atoms with E-state index in [9.17, 15) is 0 Å². The van der Waals surface area contributed by atoms with E-state index in [1.165, 1.54) is 38.5 Å². The van der Waals surface area contributed by atoms with E-state index in [0.29, 0.717) is 11.3 Å². The van der Waals surface area contributed by atoms with E-state index in [0.717, 1.165) is 23.7 Å². The van der Waals surface area contributed by atoms with Gasteiger partial charge in [-0.15, -0.1) is 0 Å². The molecule has 6 atom stereocenters. The van der Waals surface area contributed by atoms with E-state index < -0.39 is 0 Å². The van der Waals surface area contributed by atoms with Gasteiger partial charge in [-0.1, -0.05) is 148 Å². The normalized spacial score (nSPS) is 24.4. The molecule has 0 spiro atoms. The SMILES string of the molecule is C[C@H](C1CCCC1C1CCCC1[C@@H](C)P(c1ccccc1)c1ccccc1)P(c1ccccc1)c1ccccc1. The second-order valence-corrected chi connectivity index (χ2v) is 17.3. The topological polar surface area (TPSA) is 0 Å². The molecular weight excluding hydrogens is 518 g/mol. The van der Waals surface area contributed by atoms with E-state index in [1.54, 1.807) is 21.2 Å². The van der Waals surface area contributed by atoms with Crippen LogP contribution >= 0.6 is 15.8 Å². The zero-order valence-corrected chi connectivity index (χ0v) is 25.9. The number of hydrogen-bond donors (Lipinski definition) is 0. The predicted octanol–water partition coefficient (Wildman–Crippen LogP) is 8.86. The monoisotopic (exact) mass is 562 g/mol. The van der Waals surface area contributed by atoms with Crippen molar-refractivity contribution in [3.63, 3.8) is 0 Å². The quantitative estimate of drug-likeness (QED) is 0.179. The third-order valence-corrected chi connectivity index (χ3v) is 15.8. The van der Waals surface area contributed by atoms with Gasteiger partial charge in [-0.2, -0.15) is 0 Å². The van der Waals surface area contributed by atoms with Crippen LogP contribution in [0.5, 0.6) is 0 Å². The highest BCUT2D eigenvalue weighted by atomic mass is 31.1. The molecule has 2 aliphatic rings. The molecule has 0 amide bonds. The fourth-order valence-electron chi connectivity index (χ4n) is 8.27. The number of benzene rings is 4. The molecule has 2 heteroatoms. The molecule has 0 bridgehead atoms. The Labute approximate surface area is 245 Å². The summed E-state index contributed by atoms with van der Waals surface area (Å²) in [7, 11) is -0.749. The van der Waals surface area contributed by atoms with Crippen LogP contribution in [0, 0.1) is 23.7 Å². The molecule has 0 aromatic heterocycles. The fourth-order valence-corrected chi connectivity index (χ4v) is 14.2. The summed E-state index contributed by atoms with van der Waals surface area (Å²) in [5.74, 6) is 3.38. The second kappa shape index (κ2) is 13.1. The van der Waals surface area contributed by atoms with Crippen LogP contribution in [0.25, 0.3) is 0 Å². The van der Waals surface area contributed by atoms with Crippen LogP contribution in [0.1, 0.15) is 52.4 Å². The van der Waals surface area contributed by atoms with E-state index in [-0.39, 0.29) is 15.8 Å². The molecule has 4 aromatic rings. The van der Waals surface area contributed by atoms with Crippen LogP contribution in [0.2, 0.25) is 0 Å². The summed E-state index contributed by atoms with van der Waals surface area (Å²) >= 11 is 0. The van der Waals surface area contributed by atoms with Gasteiger partial charge in [-0.25, -0.2) is 0 Å². The minimum absolute atomic E-state index is 0.374. The van der Waals surface area contributed by atoms with E-state index in [1.807, 2.05) is 0 Å². The second-order valence-electron chi connectivity index (χ2n) is 12.1. The van der Waals surface area contributed by atoms with Crippen molar-refractivity contribution in [3.8, 4) is 0 Å². The maximum absolute atomic E-state index is 2.61. The molecule has 2 saturated carbocycles. The summed E-state index contributed by atoms with van der Waals surface area (Å²) in [5.41, 5.74) is 1.40. The minimum atomic E-state index is -0.374. The standard InChI is InChI=1S/C38H44P2/c1-29(39(31-17-7-3-8-18-31)32-19-9-4-10-20-32)35-25-15-27-37(35)38-28-16-26-36(38)30(2)40(33-21-11-5-12-22-33)34-23-13-6-14-24-34/h3-14,17-24,29-30,35-38H,15-16,25-28H2,1-2H3/t29-,30-,35?,36?,37?,38?/m1/s1. The zero-order valence-electron chi connectivity index (χ0n) is 24.1. The van der Waals surface area contributed by atoms with Crippen molar-refractivity contribution in [3.05, 3.63) is 121 Å². The van der Waals surface area contributed by atoms with Crippen molar-refractivity contribution in [1.82, 2.24) is 0 Å². The molecule has 0 saturated heterocycles. The maximum atomic E-state index is 2.61. The summed E-state index contributed by atoms with van der Waals surface area (Å²) in [5, 5.41) is 6.20. The van der Waals surface area contributed by atoms with Gasteiger partial charge in [0.15, 0.2) is 0 Å². The Kier molecular flexibility index (Phi) is 9.17. The summed E-state index contributed by atoms with van der Waals surface area (Å²) < 4.78 is 0. The van der Waals surface area contributed by atoms with Gasteiger partial charge in [0, 0.05) is 0 Å². The molecule has 0 nitrogen and oxygen atoms in total. The first-order valence-corrected chi connectivity index (χ1v) is 18.3. The molecule has 206 valence electrons. The average molecular weight is 563 g/mol. The predicted molar refractivity (Wildman–Crippen MR) is 179 cm³/mol. The Morgan fingerprint density at radius 1 is 0.425 bits per heavy atom. The van der Waals surface area contributed by atoms with Gasteiger partial charge in [0.25, 0.3) is 0 Å². The van der Waals surface area contributed by atoms with Crippen LogP contribution in [-0.4, -0.2) is 11.3 Å². The van der Waals surface area contributed by atoms with Gasteiger partial charge in [0.1, 0.15) is 0 Å². The van der Waals surface area contributed by atoms with Gasteiger partial charge in [0.05, 0.1) is 0 Å². The lowest BCUT2D eigenvalue weighted by Crippen LogP contribution is -2.35. The van der Waals surface area contributed by atoms with Crippen LogP contribution in [0.15, 0.2) is 121 Å². The molecule has 0 heterocycles. The third-order valence-electron chi connectivity index (χ3n) is 9.99. The molecule has 0 radical (unpaired) electrons. The van der Waals surface area contributed by atoms with E-state index >= 15 is 0 Å². The minimum Gasteiger partial charge on any atom is -0.0622 e. The zero-order chi connectivity index (χ0) is 27.3. The van der Waals surface area contributed by atoms with Gasteiger partial charge >= 0.3 is 0 Å². The maximum Gasteiger partial charge on any atom is -0.0126 e. The first-order valence-electron chi connectivity index (χ1n) is 15.5. The summed E-state index contributed by atoms with van der Waals surface area (Å²) in [6.07, 6.45) is 8.52. The first kappa shape index (κ1) is 27.9. The Balaban J connectivity index is 1.30. The number of hydrogen-bond acceptors (Lipinski definition) is 0. The Bertz CT molecular complexity index is 1120. The largest absolute Gasteiger partial charge is 0.0622 e. The Morgan fingerprint density at radius 3 is 0.975 bits per heavy atom. The van der Waals surface area contributed by atoms with Crippen LogP contribution in [0.4, 0.5) is 0 Å². The van der Waals surface area contributed by atoms with Crippen LogP contribution in [0.3, 0.4) is 0 Å². The van der Waals surface area contributed by atoms with Crippen molar-refractivity contribution < 1.29 is 0 Å². The Morgan fingerprint density at radius 2 is 0.700 bits per heavy atom. The lowest BCUT2D eigenvalue weighted by Gasteiger charge is -2.40. The Hall–Kier alpha value is -2.26. The van der Waals surface area contributed by atoms with E-state index in [2.05, 4.69) is 135 Å². The first-order chi connectivity index (χ1) is 19.7. The van der Waals surface area contributed by atoms with Crippen molar-refractivity contribution in [1.29, 1.82) is 0 Å². The van der Waals surface area contributed by atoms with Crippen molar-refractivity contribution >= 4 is 37.1 Å². The highest BCUT2D eigenvalue weighted by Crippen LogP contribution is 2.57. The van der Waals surface area contributed by atoms with Crippen molar-refractivity contribution in [2.75, 3.05) is 0 Å². The molecule has 40 heavy (non-hydrogen) atoms. The van der Waals surface area contributed by atoms with Crippen molar-refractivity contribution in [2.24, 2.45) is 23.7 Å². The van der Waals surface area contributed by atoms with Crippen molar-refractivity contribution in [2.45, 2.75) is 63.7 Å². The van der Waals surface area contributed by atoms with Gasteiger partial charge in [0.2, 0.25) is 0 Å². The smallest absolute Gasteiger partial charge is 0.0126 e. The van der Waals surface area contributed by atoms with Crippen LogP contribution in [-0.2, 0) is 0 Å². The molecule has 4 aromatic carbocycles. The summed E-state index contributed by atoms with van der Waals surface area (Å²) in [6, 6.07) is 45.8. The summed E-state index contributed by atoms with van der Waals surface area (Å²) in [4.78, 5) is 0. The van der Waals surface area contributed by atoms with Gasteiger partial charge in [-0.05, 0) is 97.7 Å². The average Bonchev–Trinajstić information content (AvgIpc) is 3.70. The fraction of sp³-hybridized carbons (Fsp3) is 0.368. The molecule has 2 fully saturated rings. The summed E-state index contributed by atoms with van der Waals surface area (Å²) in [6.45, 7) is 5.23.